The van der Waals surface area contributed by atoms with Crippen LogP contribution in [0.2, 0.25) is 0 Å². The third-order valence-corrected chi connectivity index (χ3v) is 3.32. The zero-order valence-corrected chi connectivity index (χ0v) is 11.8. The second-order valence-electron chi connectivity index (χ2n) is 5.24. The molecule has 0 saturated heterocycles. The Balaban J connectivity index is 2.02. The summed E-state index contributed by atoms with van der Waals surface area (Å²) >= 11 is 0. The van der Waals surface area contributed by atoms with E-state index in [0.29, 0.717) is 5.92 Å². The van der Waals surface area contributed by atoms with Crippen molar-refractivity contribution in [2.24, 2.45) is 0 Å². The summed E-state index contributed by atoms with van der Waals surface area (Å²) in [7, 11) is 4.25. The van der Waals surface area contributed by atoms with E-state index >= 15 is 0 Å². The van der Waals surface area contributed by atoms with Crippen LogP contribution in [0.5, 0.6) is 0 Å². The van der Waals surface area contributed by atoms with E-state index in [1.165, 1.54) is 11.3 Å². The topological polar surface area (TPSA) is 16.1 Å². The lowest BCUT2D eigenvalue weighted by molar-refractivity contribution is 0.360. The molecular formula is C17H22N2. The number of benzene rings is 1. The lowest BCUT2D eigenvalue weighted by Gasteiger charge is -2.20. The number of likely N-dealkylation sites (N-methyl/N-ethyl adjacent to an activating group) is 1. The van der Waals surface area contributed by atoms with Crippen molar-refractivity contribution in [2.45, 2.75) is 18.8 Å². The van der Waals surface area contributed by atoms with Gasteiger partial charge in [-0.1, -0.05) is 36.4 Å². The Kier molecular flexibility index (Phi) is 5.10. The standard InChI is InChI=1S/C17H22N2/c1-19(2)14-16(17-10-6-7-13-18-17)12-11-15-8-4-3-5-9-15/h3-10,13,16H,11-12,14H2,1-2H3. The molecule has 0 aliphatic heterocycles. The minimum absolute atomic E-state index is 0.497. The average Bonchev–Trinajstić information content (AvgIpc) is 2.45. The maximum absolute atomic E-state index is 4.52. The summed E-state index contributed by atoms with van der Waals surface area (Å²) in [5, 5.41) is 0. The van der Waals surface area contributed by atoms with Crippen molar-refractivity contribution in [1.82, 2.24) is 9.88 Å². The lowest BCUT2D eigenvalue weighted by atomic mass is 9.95. The lowest BCUT2D eigenvalue weighted by Crippen LogP contribution is -2.21. The van der Waals surface area contributed by atoms with Gasteiger partial charge in [0.25, 0.3) is 0 Å². The Bertz CT molecular complexity index is 465. The molecule has 0 bridgehead atoms. The SMILES string of the molecule is CN(C)CC(CCc1ccccc1)c1ccccn1. The van der Waals surface area contributed by atoms with Crippen LogP contribution in [0.4, 0.5) is 0 Å². The number of aromatic nitrogens is 1. The van der Waals surface area contributed by atoms with E-state index in [1.807, 2.05) is 12.3 Å². The second-order valence-corrected chi connectivity index (χ2v) is 5.24. The van der Waals surface area contributed by atoms with E-state index in [1.54, 1.807) is 0 Å². The average molecular weight is 254 g/mol. The highest BCUT2D eigenvalue weighted by atomic mass is 15.1. The van der Waals surface area contributed by atoms with Crippen molar-refractivity contribution < 1.29 is 0 Å². The Morgan fingerprint density at radius 1 is 1.00 bits per heavy atom. The quantitative estimate of drug-likeness (QED) is 0.786. The maximum atomic E-state index is 4.52. The predicted molar refractivity (Wildman–Crippen MR) is 80.3 cm³/mol. The van der Waals surface area contributed by atoms with E-state index in [4.69, 9.17) is 0 Å². The van der Waals surface area contributed by atoms with Crippen LogP contribution < -0.4 is 0 Å². The number of pyridine rings is 1. The van der Waals surface area contributed by atoms with Gasteiger partial charge in [-0.05, 0) is 44.6 Å². The smallest absolute Gasteiger partial charge is 0.0447 e. The summed E-state index contributed by atoms with van der Waals surface area (Å²) in [6, 6.07) is 16.9. The Hall–Kier alpha value is -1.67. The number of aryl methyl sites for hydroxylation is 1. The van der Waals surface area contributed by atoms with Crippen LogP contribution in [0.15, 0.2) is 54.7 Å². The third-order valence-electron chi connectivity index (χ3n) is 3.32. The zero-order chi connectivity index (χ0) is 13.5. The van der Waals surface area contributed by atoms with Crippen molar-refractivity contribution >= 4 is 0 Å². The molecule has 2 aromatic rings. The molecule has 2 nitrogen and oxygen atoms in total. The van der Waals surface area contributed by atoms with Gasteiger partial charge in [-0.25, -0.2) is 0 Å². The van der Waals surface area contributed by atoms with Crippen LogP contribution in [0.25, 0.3) is 0 Å². The van der Waals surface area contributed by atoms with Gasteiger partial charge in [0.15, 0.2) is 0 Å². The highest BCUT2D eigenvalue weighted by Gasteiger charge is 2.13. The van der Waals surface area contributed by atoms with Gasteiger partial charge in [0, 0.05) is 24.4 Å². The molecule has 1 aromatic heterocycles. The van der Waals surface area contributed by atoms with Crippen LogP contribution >= 0.6 is 0 Å². The first-order valence-electron chi connectivity index (χ1n) is 6.85. The van der Waals surface area contributed by atoms with Crippen molar-refractivity contribution in [3.05, 3.63) is 66.0 Å². The first kappa shape index (κ1) is 13.8. The molecule has 0 fully saturated rings. The summed E-state index contributed by atoms with van der Waals surface area (Å²) in [6.45, 7) is 1.05. The molecule has 0 saturated carbocycles. The van der Waals surface area contributed by atoms with Gasteiger partial charge in [-0.2, -0.15) is 0 Å². The number of hydrogen-bond donors (Lipinski definition) is 0. The van der Waals surface area contributed by atoms with Crippen molar-refractivity contribution in [2.75, 3.05) is 20.6 Å². The predicted octanol–water partition coefficient (Wildman–Crippen LogP) is 3.36. The van der Waals surface area contributed by atoms with Crippen molar-refractivity contribution in [3.8, 4) is 0 Å². The molecule has 19 heavy (non-hydrogen) atoms. The fraction of sp³-hybridized carbons (Fsp3) is 0.353. The van der Waals surface area contributed by atoms with Gasteiger partial charge in [0.05, 0.1) is 0 Å². The van der Waals surface area contributed by atoms with Gasteiger partial charge in [-0.15, -0.1) is 0 Å². The normalized spacial score (nSPS) is 12.6. The Labute approximate surface area is 116 Å². The molecule has 1 aromatic carbocycles. The molecule has 100 valence electrons. The van der Waals surface area contributed by atoms with E-state index in [2.05, 4.69) is 66.4 Å². The van der Waals surface area contributed by atoms with Crippen LogP contribution in [-0.2, 0) is 6.42 Å². The maximum Gasteiger partial charge on any atom is 0.0447 e. The molecule has 0 aliphatic carbocycles. The van der Waals surface area contributed by atoms with E-state index < -0.39 is 0 Å². The van der Waals surface area contributed by atoms with E-state index in [-0.39, 0.29) is 0 Å². The van der Waals surface area contributed by atoms with Gasteiger partial charge in [0.2, 0.25) is 0 Å². The fourth-order valence-electron chi connectivity index (χ4n) is 2.38. The summed E-state index contributed by atoms with van der Waals surface area (Å²) < 4.78 is 0. The Morgan fingerprint density at radius 3 is 2.37 bits per heavy atom. The minimum atomic E-state index is 0.497. The van der Waals surface area contributed by atoms with E-state index in [9.17, 15) is 0 Å². The number of hydrogen-bond acceptors (Lipinski definition) is 2. The number of rotatable bonds is 6. The monoisotopic (exact) mass is 254 g/mol. The molecule has 1 unspecified atom stereocenters. The molecule has 2 heteroatoms. The van der Waals surface area contributed by atoms with Gasteiger partial charge in [-0.3, -0.25) is 4.98 Å². The zero-order valence-electron chi connectivity index (χ0n) is 11.8. The van der Waals surface area contributed by atoms with Crippen molar-refractivity contribution in [3.63, 3.8) is 0 Å². The van der Waals surface area contributed by atoms with Crippen LogP contribution in [0, 0.1) is 0 Å². The fourth-order valence-corrected chi connectivity index (χ4v) is 2.38. The first-order valence-corrected chi connectivity index (χ1v) is 6.85. The highest BCUT2D eigenvalue weighted by Crippen LogP contribution is 2.20. The van der Waals surface area contributed by atoms with Gasteiger partial charge >= 0.3 is 0 Å². The summed E-state index contributed by atoms with van der Waals surface area (Å²) in [5.41, 5.74) is 2.61. The van der Waals surface area contributed by atoms with Crippen LogP contribution in [0.3, 0.4) is 0 Å². The third kappa shape index (κ3) is 4.49. The Morgan fingerprint density at radius 2 is 1.74 bits per heavy atom. The minimum Gasteiger partial charge on any atom is -0.309 e. The molecule has 0 radical (unpaired) electrons. The van der Waals surface area contributed by atoms with Crippen LogP contribution in [-0.4, -0.2) is 30.5 Å². The second kappa shape index (κ2) is 7.05. The summed E-state index contributed by atoms with van der Waals surface area (Å²) in [5.74, 6) is 0.497. The molecule has 0 N–H and O–H groups in total. The molecule has 2 rings (SSSR count). The molecule has 0 aliphatic rings. The van der Waals surface area contributed by atoms with E-state index in [0.717, 1.165) is 19.4 Å². The first-order chi connectivity index (χ1) is 9.25. The molecular weight excluding hydrogens is 232 g/mol. The van der Waals surface area contributed by atoms with Crippen molar-refractivity contribution in [1.29, 1.82) is 0 Å². The largest absolute Gasteiger partial charge is 0.309 e. The molecule has 0 spiro atoms. The van der Waals surface area contributed by atoms with Crippen LogP contribution in [0.1, 0.15) is 23.6 Å². The molecule has 0 amide bonds. The summed E-state index contributed by atoms with van der Waals surface area (Å²) in [4.78, 5) is 6.76. The summed E-state index contributed by atoms with van der Waals surface area (Å²) in [6.07, 6.45) is 4.13. The molecule has 1 atom stereocenters. The van der Waals surface area contributed by atoms with Gasteiger partial charge in [0.1, 0.15) is 0 Å². The van der Waals surface area contributed by atoms with Gasteiger partial charge < -0.3 is 4.90 Å². The highest BCUT2D eigenvalue weighted by molar-refractivity contribution is 5.16. The number of nitrogens with zero attached hydrogens (tertiary/aromatic N) is 2. The molecule has 1 heterocycles.